The number of rotatable bonds is 6. The number of phenols is 1. The van der Waals surface area contributed by atoms with Gasteiger partial charge in [-0.05, 0) is 12.5 Å². The van der Waals surface area contributed by atoms with E-state index in [1.807, 2.05) is 0 Å². The second kappa shape index (κ2) is 5.76. The number of carbonyl (C=O) groups is 1. The monoisotopic (exact) mass is 250 g/mol. The van der Waals surface area contributed by atoms with E-state index in [0.717, 1.165) is 12.8 Å². The van der Waals surface area contributed by atoms with Crippen molar-refractivity contribution in [1.82, 2.24) is 0 Å². The zero-order chi connectivity index (χ0) is 13.0. The molecule has 2 rings (SSSR count). The molecule has 1 heterocycles. The Morgan fingerprint density at radius 3 is 2.61 bits per heavy atom. The zero-order valence-electron chi connectivity index (χ0n) is 10.5. The summed E-state index contributed by atoms with van der Waals surface area (Å²) in [6.45, 7) is 2.17. The van der Waals surface area contributed by atoms with Gasteiger partial charge in [-0.15, -0.1) is 0 Å². The Kier molecular flexibility index (Phi) is 4.07. The van der Waals surface area contributed by atoms with Gasteiger partial charge in [-0.3, -0.25) is 4.79 Å². The lowest BCUT2D eigenvalue weighted by atomic mass is 10.1. The largest absolute Gasteiger partial charge is 0.507 e. The Balaban J connectivity index is 1.93. The first-order chi connectivity index (χ1) is 8.74. The number of carbonyl (C=O) groups excluding carboxylic acids is 1. The van der Waals surface area contributed by atoms with E-state index in [-0.39, 0.29) is 17.6 Å². The van der Waals surface area contributed by atoms with Crippen LogP contribution >= 0.6 is 0 Å². The van der Waals surface area contributed by atoms with Crippen LogP contribution in [0.15, 0.2) is 12.1 Å². The molecule has 1 unspecified atom stereocenters. The first-order valence-corrected chi connectivity index (χ1v) is 6.40. The summed E-state index contributed by atoms with van der Waals surface area (Å²) in [6, 6.07) is 2.95. The lowest BCUT2D eigenvalue weighted by molar-refractivity contribution is 0.0395. The van der Waals surface area contributed by atoms with Gasteiger partial charge in [-0.2, -0.15) is 0 Å². The highest BCUT2D eigenvalue weighted by atomic mass is 16.7. The van der Waals surface area contributed by atoms with Crippen LogP contribution in [0.1, 0.15) is 49.4 Å². The molecule has 1 aliphatic rings. The Labute approximate surface area is 107 Å². The molecule has 1 atom stereocenters. The van der Waals surface area contributed by atoms with Crippen molar-refractivity contribution in [2.24, 2.45) is 0 Å². The maximum atomic E-state index is 10.7. The highest BCUT2D eigenvalue weighted by Gasteiger charge is 2.25. The van der Waals surface area contributed by atoms with Crippen LogP contribution in [0.4, 0.5) is 0 Å². The molecule has 0 amide bonds. The van der Waals surface area contributed by atoms with Gasteiger partial charge in [0.05, 0.1) is 5.56 Å². The number of phenolic OH excluding ortho intramolecular Hbond substituents is 1. The molecule has 0 bridgehead atoms. The van der Waals surface area contributed by atoms with Crippen LogP contribution < -0.4 is 9.47 Å². The molecule has 0 spiro atoms. The normalized spacial score (nSPS) is 16.8. The highest BCUT2D eigenvalue weighted by Crippen LogP contribution is 2.40. The second-order valence-electron chi connectivity index (χ2n) is 4.49. The number of unbranched alkanes of at least 4 members (excludes halogenated alkanes) is 3. The molecule has 0 radical (unpaired) electrons. The van der Waals surface area contributed by atoms with Crippen molar-refractivity contribution in [2.75, 3.05) is 0 Å². The van der Waals surface area contributed by atoms with E-state index in [0.29, 0.717) is 17.8 Å². The van der Waals surface area contributed by atoms with Gasteiger partial charge < -0.3 is 14.6 Å². The zero-order valence-corrected chi connectivity index (χ0v) is 10.5. The van der Waals surface area contributed by atoms with Crippen LogP contribution in [0.2, 0.25) is 0 Å². The maximum Gasteiger partial charge on any atom is 0.241 e. The molecule has 1 aromatic rings. The minimum atomic E-state index is -0.293. The number of hydrogen-bond donors (Lipinski definition) is 1. The number of fused-ring (bicyclic) bond motifs is 1. The van der Waals surface area contributed by atoms with E-state index >= 15 is 0 Å². The second-order valence-corrected chi connectivity index (χ2v) is 4.49. The van der Waals surface area contributed by atoms with Gasteiger partial charge in [0.15, 0.2) is 17.8 Å². The molecule has 1 aliphatic heterocycles. The molecule has 0 aliphatic carbocycles. The third kappa shape index (κ3) is 2.75. The smallest absolute Gasteiger partial charge is 0.241 e. The van der Waals surface area contributed by atoms with Crippen LogP contribution in [0, 0.1) is 0 Å². The average Bonchev–Trinajstić information content (AvgIpc) is 2.75. The van der Waals surface area contributed by atoms with Gasteiger partial charge in [0.25, 0.3) is 0 Å². The van der Waals surface area contributed by atoms with Crippen molar-refractivity contribution in [3.63, 3.8) is 0 Å². The van der Waals surface area contributed by atoms with Crippen LogP contribution in [-0.2, 0) is 0 Å². The van der Waals surface area contributed by atoms with E-state index in [1.165, 1.54) is 31.4 Å². The van der Waals surface area contributed by atoms with Gasteiger partial charge in [-0.1, -0.05) is 26.2 Å². The van der Waals surface area contributed by atoms with Crippen molar-refractivity contribution in [3.05, 3.63) is 17.7 Å². The fraction of sp³-hybridized carbons (Fsp3) is 0.500. The minimum absolute atomic E-state index is 0.0704. The maximum absolute atomic E-state index is 10.7. The molecule has 0 aromatic heterocycles. The predicted molar refractivity (Wildman–Crippen MR) is 67.3 cm³/mol. The Morgan fingerprint density at radius 2 is 1.94 bits per heavy atom. The molecule has 1 N–H and O–H groups in total. The number of aldehydes is 1. The van der Waals surface area contributed by atoms with Gasteiger partial charge in [-0.25, -0.2) is 0 Å². The van der Waals surface area contributed by atoms with Crippen LogP contribution in [-0.4, -0.2) is 17.7 Å². The van der Waals surface area contributed by atoms with Crippen molar-refractivity contribution in [2.45, 2.75) is 45.3 Å². The average molecular weight is 250 g/mol. The molecule has 98 valence electrons. The Hall–Kier alpha value is -1.71. The summed E-state index contributed by atoms with van der Waals surface area (Å²) >= 11 is 0. The number of aromatic hydroxyl groups is 1. The lowest BCUT2D eigenvalue weighted by Gasteiger charge is -2.09. The highest BCUT2D eigenvalue weighted by molar-refractivity contribution is 5.81. The van der Waals surface area contributed by atoms with E-state index in [1.54, 1.807) is 0 Å². The molecule has 0 saturated carbocycles. The van der Waals surface area contributed by atoms with Crippen molar-refractivity contribution in [1.29, 1.82) is 0 Å². The number of benzene rings is 1. The Bertz CT molecular complexity index is 428. The summed E-state index contributed by atoms with van der Waals surface area (Å²) in [5, 5.41) is 9.54. The molecule has 1 aromatic carbocycles. The van der Waals surface area contributed by atoms with Gasteiger partial charge in [0.2, 0.25) is 6.29 Å². The third-order valence-corrected chi connectivity index (χ3v) is 3.03. The predicted octanol–water partition coefficient (Wildman–Crippen LogP) is 3.27. The van der Waals surface area contributed by atoms with E-state index < -0.39 is 0 Å². The Morgan fingerprint density at radius 1 is 1.22 bits per heavy atom. The number of ether oxygens (including phenoxy) is 2. The van der Waals surface area contributed by atoms with Gasteiger partial charge in [0, 0.05) is 12.5 Å². The molecule has 0 saturated heterocycles. The standard InChI is InChI=1S/C14H18O4/c1-2-3-4-5-6-14-17-12-7-10(9-15)11(16)8-13(12)18-14/h7-9,14,16H,2-6H2,1H3. The lowest BCUT2D eigenvalue weighted by Crippen LogP contribution is -2.17. The summed E-state index contributed by atoms with van der Waals surface area (Å²) in [7, 11) is 0. The topological polar surface area (TPSA) is 55.8 Å². The summed E-state index contributed by atoms with van der Waals surface area (Å²) in [5.41, 5.74) is 0.226. The van der Waals surface area contributed by atoms with Gasteiger partial charge >= 0.3 is 0 Å². The summed E-state index contributed by atoms with van der Waals surface area (Å²) in [5.74, 6) is 0.980. The first kappa shape index (κ1) is 12.7. The van der Waals surface area contributed by atoms with Crippen molar-refractivity contribution < 1.29 is 19.4 Å². The molecular formula is C14H18O4. The van der Waals surface area contributed by atoms with E-state index in [4.69, 9.17) is 9.47 Å². The van der Waals surface area contributed by atoms with Crippen molar-refractivity contribution >= 4 is 6.29 Å². The molecule has 0 fully saturated rings. The first-order valence-electron chi connectivity index (χ1n) is 6.40. The molecule has 4 heteroatoms. The molecule has 4 nitrogen and oxygen atoms in total. The SMILES string of the molecule is CCCCCCC1Oc2cc(O)c(C=O)cc2O1. The van der Waals surface area contributed by atoms with E-state index in [2.05, 4.69) is 6.92 Å². The third-order valence-electron chi connectivity index (χ3n) is 3.03. The minimum Gasteiger partial charge on any atom is -0.507 e. The summed E-state index contributed by atoms with van der Waals surface area (Å²) < 4.78 is 11.2. The quantitative estimate of drug-likeness (QED) is 0.622. The van der Waals surface area contributed by atoms with Crippen LogP contribution in [0.25, 0.3) is 0 Å². The fourth-order valence-corrected chi connectivity index (χ4v) is 2.01. The summed E-state index contributed by atoms with van der Waals surface area (Å²) in [4.78, 5) is 10.7. The fourth-order valence-electron chi connectivity index (χ4n) is 2.01. The van der Waals surface area contributed by atoms with Crippen LogP contribution in [0.3, 0.4) is 0 Å². The summed E-state index contributed by atoms with van der Waals surface area (Å²) in [6.07, 6.45) is 5.77. The van der Waals surface area contributed by atoms with Crippen LogP contribution in [0.5, 0.6) is 17.2 Å². The van der Waals surface area contributed by atoms with E-state index in [9.17, 15) is 9.90 Å². The molecule has 18 heavy (non-hydrogen) atoms. The number of hydrogen-bond acceptors (Lipinski definition) is 4. The molecular weight excluding hydrogens is 232 g/mol. The van der Waals surface area contributed by atoms with Gasteiger partial charge in [0.1, 0.15) is 5.75 Å². The van der Waals surface area contributed by atoms with Crippen molar-refractivity contribution in [3.8, 4) is 17.2 Å².